The topological polar surface area (TPSA) is 115 Å². The van der Waals surface area contributed by atoms with Crippen LogP contribution in [-0.4, -0.2) is 34.9 Å². The van der Waals surface area contributed by atoms with Gasteiger partial charge in [0.2, 0.25) is 0 Å². The Morgan fingerprint density at radius 2 is 2.15 bits per heavy atom. The van der Waals surface area contributed by atoms with Gasteiger partial charge in [-0.05, 0) is 18.9 Å². The highest BCUT2D eigenvalue weighted by molar-refractivity contribution is 6.01. The molecule has 2 rings (SSSR count). The van der Waals surface area contributed by atoms with Crippen LogP contribution in [0.4, 0.5) is 11.4 Å². The SMILES string of the molecule is Cl.Nc1c(C(=O)N2CCCC(N)C2)cccc1[N+](=O)[O-]. The fraction of sp³-hybridized carbons (Fsp3) is 0.417. The molecule has 0 saturated carbocycles. The van der Waals surface area contributed by atoms with Crippen molar-refractivity contribution in [3.05, 3.63) is 33.9 Å². The first-order valence-electron chi connectivity index (χ1n) is 6.08. The van der Waals surface area contributed by atoms with Gasteiger partial charge in [0, 0.05) is 25.2 Å². The number of nitro benzene ring substituents is 1. The molecule has 0 aliphatic carbocycles. The number of likely N-dealkylation sites (tertiary alicyclic amines) is 1. The van der Waals surface area contributed by atoms with E-state index in [2.05, 4.69) is 0 Å². The van der Waals surface area contributed by atoms with Gasteiger partial charge >= 0.3 is 0 Å². The summed E-state index contributed by atoms with van der Waals surface area (Å²) in [5.74, 6) is -0.295. The van der Waals surface area contributed by atoms with Crippen molar-refractivity contribution >= 4 is 29.7 Å². The molecular formula is C12H17ClN4O3. The summed E-state index contributed by atoms with van der Waals surface area (Å²) in [6, 6.07) is 4.21. The number of carbonyl (C=O) groups excluding carboxylic acids is 1. The molecule has 1 aromatic carbocycles. The molecule has 1 saturated heterocycles. The Hall–Kier alpha value is -1.86. The minimum absolute atomic E-state index is 0. The molecule has 4 N–H and O–H groups in total. The van der Waals surface area contributed by atoms with Gasteiger partial charge in [-0.1, -0.05) is 6.07 Å². The molecule has 1 aromatic rings. The third-order valence-corrected chi connectivity index (χ3v) is 3.26. The number of nitrogens with two attached hydrogens (primary N) is 2. The van der Waals surface area contributed by atoms with Crippen molar-refractivity contribution in [3.63, 3.8) is 0 Å². The molecule has 20 heavy (non-hydrogen) atoms. The lowest BCUT2D eigenvalue weighted by molar-refractivity contribution is -0.383. The first-order chi connectivity index (χ1) is 9.00. The standard InChI is InChI=1S/C12H16N4O3.ClH/c13-8-3-2-6-15(7-8)12(17)9-4-1-5-10(11(9)14)16(18)19;/h1,4-5,8H,2-3,6-7,13-14H2;1H. The number of benzene rings is 1. The van der Waals surface area contributed by atoms with Crippen molar-refractivity contribution in [2.24, 2.45) is 5.73 Å². The zero-order valence-electron chi connectivity index (χ0n) is 10.8. The zero-order chi connectivity index (χ0) is 14.0. The summed E-state index contributed by atoms with van der Waals surface area (Å²) in [6.45, 7) is 1.07. The van der Waals surface area contributed by atoms with Crippen molar-refractivity contribution in [1.82, 2.24) is 4.90 Å². The maximum absolute atomic E-state index is 12.3. The number of anilines is 1. The van der Waals surface area contributed by atoms with E-state index in [1.165, 1.54) is 18.2 Å². The van der Waals surface area contributed by atoms with Gasteiger partial charge in [0.1, 0.15) is 5.69 Å². The normalized spacial score (nSPS) is 18.2. The van der Waals surface area contributed by atoms with Crippen molar-refractivity contribution in [1.29, 1.82) is 0 Å². The number of hydrogen-bond acceptors (Lipinski definition) is 5. The molecule has 0 aromatic heterocycles. The Morgan fingerprint density at radius 3 is 2.75 bits per heavy atom. The van der Waals surface area contributed by atoms with E-state index in [9.17, 15) is 14.9 Å². The van der Waals surface area contributed by atoms with Crippen molar-refractivity contribution in [2.45, 2.75) is 18.9 Å². The minimum Gasteiger partial charge on any atom is -0.393 e. The first kappa shape index (κ1) is 16.2. The summed E-state index contributed by atoms with van der Waals surface area (Å²) >= 11 is 0. The predicted octanol–water partition coefficient (Wildman–Crippen LogP) is 1.16. The minimum atomic E-state index is -0.589. The Morgan fingerprint density at radius 1 is 1.45 bits per heavy atom. The summed E-state index contributed by atoms with van der Waals surface area (Å²) in [4.78, 5) is 24.1. The van der Waals surface area contributed by atoms with Gasteiger partial charge in [0.05, 0.1) is 10.5 Å². The number of nitrogen functional groups attached to an aromatic ring is 1. The average molecular weight is 301 g/mol. The molecule has 7 nitrogen and oxygen atoms in total. The Balaban J connectivity index is 0.00000200. The summed E-state index contributed by atoms with van der Waals surface area (Å²) in [5, 5.41) is 10.8. The third-order valence-electron chi connectivity index (χ3n) is 3.26. The van der Waals surface area contributed by atoms with E-state index in [-0.39, 0.29) is 41.3 Å². The molecule has 0 spiro atoms. The molecule has 1 amide bonds. The maximum Gasteiger partial charge on any atom is 0.292 e. The van der Waals surface area contributed by atoms with E-state index in [4.69, 9.17) is 11.5 Å². The molecule has 8 heteroatoms. The maximum atomic E-state index is 12.3. The van der Waals surface area contributed by atoms with Crippen molar-refractivity contribution in [2.75, 3.05) is 18.8 Å². The van der Waals surface area contributed by atoms with Gasteiger partial charge in [0.15, 0.2) is 0 Å². The zero-order valence-corrected chi connectivity index (χ0v) is 11.6. The second-order valence-corrected chi connectivity index (χ2v) is 4.65. The highest BCUT2D eigenvalue weighted by atomic mass is 35.5. The lowest BCUT2D eigenvalue weighted by atomic mass is 10.0. The van der Waals surface area contributed by atoms with Crippen molar-refractivity contribution < 1.29 is 9.72 Å². The highest BCUT2D eigenvalue weighted by Gasteiger charge is 2.26. The largest absolute Gasteiger partial charge is 0.393 e. The number of nitrogens with zero attached hydrogens (tertiary/aromatic N) is 2. The lowest BCUT2D eigenvalue weighted by Crippen LogP contribution is -2.45. The van der Waals surface area contributed by atoms with Crippen LogP contribution in [0.1, 0.15) is 23.2 Å². The second kappa shape index (κ2) is 6.53. The van der Waals surface area contributed by atoms with Crippen LogP contribution in [0.3, 0.4) is 0 Å². The number of para-hydroxylation sites is 1. The molecule has 1 fully saturated rings. The third kappa shape index (κ3) is 3.17. The number of nitro groups is 1. The van der Waals surface area contributed by atoms with E-state index in [1.54, 1.807) is 4.90 Å². The van der Waals surface area contributed by atoms with Crippen LogP contribution in [-0.2, 0) is 0 Å². The lowest BCUT2D eigenvalue weighted by Gasteiger charge is -2.31. The van der Waals surface area contributed by atoms with E-state index in [0.717, 1.165) is 12.8 Å². The number of rotatable bonds is 2. The summed E-state index contributed by atoms with van der Waals surface area (Å²) in [6.07, 6.45) is 1.72. The molecule has 1 unspecified atom stereocenters. The van der Waals surface area contributed by atoms with Gasteiger partial charge in [-0.3, -0.25) is 14.9 Å². The number of halogens is 1. The summed E-state index contributed by atoms with van der Waals surface area (Å²) < 4.78 is 0. The smallest absolute Gasteiger partial charge is 0.292 e. The van der Waals surface area contributed by atoms with Gasteiger partial charge in [0.25, 0.3) is 11.6 Å². The van der Waals surface area contributed by atoms with Crippen LogP contribution in [0.2, 0.25) is 0 Å². The summed E-state index contributed by atoms with van der Waals surface area (Å²) in [5.41, 5.74) is 11.4. The van der Waals surface area contributed by atoms with Crippen LogP contribution in [0.5, 0.6) is 0 Å². The molecule has 0 bridgehead atoms. The average Bonchev–Trinajstić information content (AvgIpc) is 2.38. The predicted molar refractivity (Wildman–Crippen MR) is 77.9 cm³/mol. The van der Waals surface area contributed by atoms with E-state index >= 15 is 0 Å². The quantitative estimate of drug-likeness (QED) is 0.483. The van der Waals surface area contributed by atoms with Crippen LogP contribution < -0.4 is 11.5 Å². The molecule has 1 aliphatic rings. The fourth-order valence-electron chi connectivity index (χ4n) is 2.26. The van der Waals surface area contributed by atoms with Crippen LogP contribution >= 0.6 is 12.4 Å². The van der Waals surface area contributed by atoms with Crippen LogP contribution in [0.15, 0.2) is 18.2 Å². The van der Waals surface area contributed by atoms with Crippen LogP contribution in [0.25, 0.3) is 0 Å². The summed E-state index contributed by atoms with van der Waals surface area (Å²) in [7, 11) is 0. The molecular weight excluding hydrogens is 284 g/mol. The fourth-order valence-corrected chi connectivity index (χ4v) is 2.26. The molecule has 0 radical (unpaired) electrons. The first-order valence-corrected chi connectivity index (χ1v) is 6.08. The van der Waals surface area contributed by atoms with Crippen LogP contribution in [0, 0.1) is 10.1 Å². The number of hydrogen-bond donors (Lipinski definition) is 2. The number of amides is 1. The van der Waals surface area contributed by atoms with Gasteiger partial charge in [-0.2, -0.15) is 0 Å². The molecule has 1 heterocycles. The molecule has 110 valence electrons. The Kier molecular flexibility index (Phi) is 5.29. The monoisotopic (exact) mass is 300 g/mol. The molecule has 1 aliphatic heterocycles. The molecule has 1 atom stereocenters. The van der Waals surface area contributed by atoms with E-state index < -0.39 is 4.92 Å². The highest BCUT2D eigenvalue weighted by Crippen LogP contribution is 2.26. The van der Waals surface area contributed by atoms with Gasteiger partial charge in [-0.15, -0.1) is 12.4 Å². The second-order valence-electron chi connectivity index (χ2n) is 4.65. The van der Waals surface area contributed by atoms with Gasteiger partial charge < -0.3 is 16.4 Å². The number of carbonyl (C=O) groups is 1. The van der Waals surface area contributed by atoms with E-state index in [0.29, 0.717) is 13.1 Å². The van der Waals surface area contributed by atoms with E-state index in [1.807, 2.05) is 0 Å². The Labute approximate surface area is 122 Å². The van der Waals surface area contributed by atoms with Crippen molar-refractivity contribution in [3.8, 4) is 0 Å². The Bertz CT molecular complexity index is 523. The number of piperidine rings is 1. The van der Waals surface area contributed by atoms with Gasteiger partial charge in [-0.25, -0.2) is 0 Å².